The van der Waals surface area contributed by atoms with Crippen molar-refractivity contribution < 1.29 is 27.0 Å². The molecule has 5 rings (SSSR count). The average Bonchev–Trinajstić information content (AvgIpc) is 3.00. The fraction of sp³-hybridized carbons (Fsp3) is 0.556. The Morgan fingerprint density at radius 1 is 0.714 bits per heavy atom. The lowest BCUT2D eigenvalue weighted by atomic mass is 9.64. The van der Waals surface area contributed by atoms with E-state index in [0.717, 1.165) is 37.0 Å². The number of allylic oxidation sites excluding steroid dienone is 4. The van der Waals surface area contributed by atoms with E-state index in [1.807, 2.05) is 0 Å². The van der Waals surface area contributed by atoms with Crippen molar-refractivity contribution in [3.05, 3.63) is 71.3 Å². The van der Waals surface area contributed by atoms with Crippen LogP contribution in [0.15, 0.2) is 48.1 Å². The highest BCUT2D eigenvalue weighted by molar-refractivity contribution is 5.67. The van der Waals surface area contributed by atoms with Crippen molar-refractivity contribution in [2.75, 3.05) is 13.2 Å². The summed E-state index contributed by atoms with van der Waals surface area (Å²) in [5, 5.41) is 0. The van der Waals surface area contributed by atoms with E-state index in [4.69, 9.17) is 9.47 Å². The summed E-state index contributed by atoms with van der Waals surface area (Å²) in [5.41, 5.74) is 0.798. The molecule has 0 amide bonds. The second-order valence-corrected chi connectivity index (χ2v) is 12.6. The number of rotatable bonds is 11. The molecule has 0 radical (unpaired) electrons. The van der Waals surface area contributed by atoms with Gasteiger partial charge in [-0.15, -0.1) is 0 Å². The molecule has 42 heavy (non-hydrogen) atoms. The monoisotopic (exact) mass is 584 g/mol. The van der Waals surface area contributed by atoms with Gasteiger partial charge in [-0.2, -0.15) is 8.78 Å². The van der Waals surface area contributed by atoms with Crippen molar-refractivity contribution in [3.63, 3.8) is 0 Å². The van der Waals surface area contributed by atoms with Gasteiger partial charge in [0.15, 0.2) is 23.1 Å². The Balaban J connectivity index is 1.11. The molecule has 2 aromatic rings. The standard InChI is InChI=1S/C36H44F4O2/c1-3-5-23-6-8-24(9-7-23)10-11-25-12-14-28-21-26(13-15-27(28)20-25)22-42-32-19-17-30(34(38)36(32)40)29-16-18-31(41-4-2)35(39)33(29)37/h6,8-9,16-19,23,25-28H,3-5,7,10-15,20-22H2,1-2H3. The van der Waals surface area contributed by atoms with Gasteiger partial charge in [0.25, 0.3) is 0 Å². The molecule has 6 heteroatoms. The summed E-state index contributed by atoms with van der Waals surface area (Å²) in [6.07, 6.45) is 20.5. The Hall–Kier alpha value is -2.76. The first-order valence-electron chi connectivity index (χ1n) is 16.0. The lowest BCUT2D eigenvalue weighted by molar-refractivity contribution is 0.0742. The number of halogens is 4. The molecule has 3 aliphatic carbocycles. The third-order valence-electron chi connectivity index (χ3n) is 9.75. The molecule has 2 fully saturated rings. The summed E-state index contributed by atoms with van der Waals surface area (Å²) >= 11 is 0. The molecule has 0 aromatic heterocycles. The number of hydrogen-bond acceptors (Lipinski definition) is 2. The van der Waals surface area contributed by atoms with Crippen molar-refractivity contribution in [2.24, 2.45) is 29.6 Å². The van der Waals surface area contributed by atoms with E-state index in [2.05, 4.69) is 25.2 Å². The van der Waals surface area contributed by atoms with Gasteiger partial charge in [-0.05, 0) is 119 Å². The van der Waals surface area contributed by atoms with Crippen molar-refractivity contribution in [2.45, 2.75) is 84.5 Å². The Kier molecular flexibility index (Phi) is 10.3. The average molecular weight is 585 g/mol. The molecular weight excluding hydrogens is 540 g/mol. The van der Waals surface area contributed by atoms with Gasteiger partial charge in [0.1, 0.15) is 0 Å². The molecule has 0 aliphatic heterocycles. The predicted molar refractivity (Wildman–Crippen MR) is 160 cm³/mol. The zero-order valence-corrected chi connectivity index (χ0v) is 24.9. The molecule has 2 aromatic carbocycles. The first-order chi connectivity index (χ1) is 20.4. The van der Waals surface area contributed by atoms with Crippen LogP contribution in [0.1, 0.15) is 84.5 Å². The van der Waals surface area contributed by atoms with E-state index >= 15 is 0 Å². The van der Waals surface area contributed by atoms with Crippen LogP contribution in [0.2, 0.25) is 0 Å². The van der Waals surface area contributed by atoms with E-state index in [-0.39, 0.29) is 29.2 Å². The number of ether oxygens (including phenoxy) is 2. The maximum atomic E-state index is 15.0. The minimum absolute atomic E-state index is 0.157. The Morgan fingerprint density at radius 2 is 1.33 bits per heavy atom. The van der Waals surface area contributed by atoms with E-state index in [1.165, 1.54) is 81.2 Å². The van der Waals surface area contributed by atoms with Crippen LogP contribution in [0.3, 0.4) is 0 Å². The van der Waals surface area contributed by atoms with Gasteiger partial charge < -0.3 is 9.47 Å². The summed E-state index contributed by atoms with van der Waals surface area (Å²) in [6, 6.07) is 4.96. The van der Waals surface area contributed by atoms with Gasteiger partial charge in [0, 0.05) is 11.1 Å². The van der Waals surface area contributed by atoms with E-state index < -0.39 is 23.3 Å². The van der Waals surface area contributed by atoms with Gasteiger partial charge in [-0.3, -0.25) is 0 Å². The van der Waals surface area contributed by atoms with Crippen LogP contribution < -0.4 is 9.47 Å². The fourth-order valence-corrected chi connectivity index (χ4v) is 7.41. The van der Waals surface area contributed by atoms with Crippen molar-refractivity contribution in [3.8, 4) is 22.6 Å². The maximum Gasteiger partial charge on any atom is 0.201 e. The van der Waals surface area contributed by atoms with Crippen LogP contribution in [0.5, 0.6) is 11.5 Å². The maximum absolute atomic E-state index is 15.0. The van der Waals surface area contributed by atoms with Crippen LogP contribution in [0, 0.1) is 52.9 Å². The molecule has 2 saturated carbocycles. The summed E-state index contributed by atoms with van der Waals surface area (Å²) in [7, 11) is 0. The molecule has 3 aliphatic rings. The molecule has 0 heterocycles. The first-order valence-corrected chi connectivity index (χ1v) is 16.0. The first kappa shape index (κ1) is 30.7. The van der Waals surface area contributed by atoms with Crippen LogP contribution in [-0.2, 0) is 0 Å². The highest BCUT2D eigenvalue weighted by atomic mass is 19.2. The summed E-state index contributed by atoms with van der Waals surface area (Å²) in [6.45, 7) is 4.38. The molecule has 2 nitrogen and oxygen atoms in total. The summed E-state index contributed by atoms with van der Waals surface area (Å²) in [5.74, 6) is -2.14. The molecule has 5 unspecified atom stereocenters. The van der Waals surface area contributed by atoms with Gasteiger partial charge >= 0.3 is 0 Å². The molecular formula is C36H44F4O2. The van der Waals surface area contributed by atoms with Crippen molar-refractivity contribution >= 4 is 0 Å². The molecule has 228 valence electrons. The van der Waals surface area contributed by atoms with E-state index in [0.29, 0.717) is 18.4 Å². The Labute approximate surface area is 248 Å². The smallest absolute Gasteiger partial charge is 0.201 e. The highest BCUT2D eigenvalue weighted by Gasteiger charge is 2.36. The molecule has 0 N–H and O–H groups in total. The third-order valence-corrected chi connectivity index (χ3v) is 9.75. The Morgan fingerprint density at radius 3 is 1.93 bits per heavy atom. The van der Waals surface area contributed by atoms with Gasteiger partial charge in [0.05, 0.1) is 13.2 Å². The largest absolute Gasteiger partial charge is 0.491 e. The van der Waals surface area contributed by atoms with Crippen LogP contribution >= 0.6 is 0 Å². The molecule has 0 saturated heterocycles. The van der Waals surface area contributed by atoms with Gasteiger partial charge in [0.2, 0.25) is 11.6 Å². The normalized spacial score (nSPS) is 25.6. The topological polar surface area (TPSA) is 18.5 Å². The fourth-order valence-electron chi connectivity index (χ4n) is 7.41. The zero-order valence-electron chi connectivity index (χ0n) is 24.9. The molecule has 5 atom stereocenters. The second kappa shape index (κ2) is 14.1. The lowest BCUT2D eigenvalue weighted by Crippen LogP contribution is -2.33. The lowest BCUT2D eigenvalue weighted by Gasteiger charge is -2.42. The van der Waals surface area contributed by atoms with Crippen LogP contribution in [0.25, 0.3) is 11.1 Å². The SMILES string of the molecule is CCCC1C=CC(CCC2CCC3CC(COc4ccc(-c5ccc(OCC)c(F)c5F)c(F)c4F)CCC3C2)=CC1. The number of benzene rings is 2. The molecule has 0 spiro atoms. The van der Waals surface area contributed by atoms with E-state index in [9.17, 15) is 17.6 Å². The Bertz CT molecular complexity index is 1290. The quantitative estimate of drug-likeness (QED) is 0.245. The summed E-state index contributed by atoms with van der Waals surface area (Å²) in [4.78, 5) is 0. The number of hydrogen-bond donors (Lipinski definition) is 0. The predicted octanol–water partition coefficient (Wildman–Crippen LogP) is 10.6. The van der Waals surface area contributed by atoms with Gasteiger partial charge in [-0.1, -0.05) is 43.6 Å². The molecule has 0 bridgehead atoms. The minimum atomic E-state index is -1.28. The minimum Gasteiger partial charge on any atom is -0.491 e. The van der Waals surface area contributed by atoms with Gasteiger partial charge in [-0.25, -0.2) is 8.78 Å². The third kappa shape index (κ3) is 7.06. The number of fused-ring (bicyclic) bond motifs is 1. The second-order valence-electron chi connectivity index (χ2n) is 12.6. The zero-order chi connectivity index (χ0) is 29.6. The van der Waals surface area contributed by atoms with Crippen LogP contribution in [-0.4, -0.2) is 13.2 Å². The van der Waals surface area contributed by atoms with E-state index in [1.54, 1.807) is 6.92 Å². The highest BCUT2D eigenvalue weighted by Crippen LogP contribution is 2.46. The van der Waals surface area contributed by atoms with Crippen LogP contribution in [0.4, 0.5) is 17.6 Å². The summed E-state index contributed by atoms with van der Waals surface area (Å²) < 4.78 is 69.7. The van der Waals surface area contributed by atoms with Crippen molar-refractivity contribution in [1.29, 1.82) is 0 Å². The van der Waals surface area contributed by atoms with Crippen molar-refractivity contribution in [1.82, 2.24) is 0 Å².